The molecule has 1 saturated heterocycles. The molecule has 0 spiro atoms. The van der Waals surface area contributed by atoms with E-state index in [1.165, 1.54) is 29.7 Å². The number of thiazole rings is 1. The van der Waals surface area contributed by atoms with Gasteiger partial charge in [0.05, 0.1) is 10.6 Å². The van der Waals surface area contributed by atoms with Gasteiger partial charge in [0.15, 0.2) is 10.9 Å². The van der Waals surface area contributed by atoms with Crippen molar-refractivity contribution in [2.75, 3.05) is 28.0 Å². The van der Waals surface area contributed by atoms with Gasteiger partial charge in [0.25, 0.3) is 10.0 Å². The molecule has 12 heteroatoms. The van der Waals surface area contributed by atoms with Crippen molar-refractivity contribution in [2.24, 2.45) is 5.92 Å². The Hall–Kier alpha value is -3.54. The Kier molecular flexibility index (Phi) is 7.36. The second kappa shape index (κ2) is 10.8. The molecule has 37 heavy (non-hydrogen) atoms. The van der Waals surface area contributed by atoms with Crippen LogP contribution in [0, 0.1) is 5.92 Å². The highest BCUT2D eigenvalue weighted by Gasteiger charge is 2.26. The normalized spacial score (nSPS) is 14.4. The molecule has 2 aromatic heterocycles. The highest BCUT2D eigenvalue weighted by Crippen LogP contribution is 2.26. The molecule has 0 saturated carbocycles. The van der Waals surface area contributed by atoms with Crippen molar-refractivity contribution in [1.82, 2.24) is 15.2 Å². The number of amides is 1. The van der Waals surface area contributed by atoms with Crippen molar-refractivity contribution < 1.29 is 13.2 Å². The summed E-state index contributed by atoms with van der Waals surface area (Å²) in [5, 5.41) is 14.3. The Morgan fingerprint density at radius 1 is 0.973 bits per heavy atom. The summed E-state index contributed by atoms with van der Waals surface area (Å²) >= 11 is 7.15. The smallest absolute Gasteiger partial charge is 0.263 e. The van der Waals surface area contributed by atoms with E-state index in [1.807, 2.05) is 36.4 Å². The van der Waals surface area contributed by atoms with Crippen LogP contribution in [0.2, 0.25) is 5.02 Å². The van der Waals surface area contributed by atoms with Crippen molar-refractivity contribution >= 4 is 55.5 Å². The lowest BCUT2D eigenvalue weighted by molar-refractivity contribution is -0.120. The maximum absolute atomic E-state index is 12.8. The number of piperidine rings is 1. The number of aromatic nitrogens is 3. The number of sulfonamides is 1. The molecule has 2 aromatic carbocycles. The number of nitrogens with zero attached hydrogens (tertiary/aromatic N) is 4. The van der Waals surface area contributed by atoms with Gasteiger partial charge in [-0.1, -0.05) is 23.7 Å². The molecule has 9 nitrogen and oxygen atoms in total. The van der Waals surface area contributed by atoms with Crippen LogP contribution in [0.25, 0.3) is 11.3 Å². The monoisotopic (exact) mass is 554 g/mol. The molecule has 1 fully saturated rings. The Morgan fingerprint density at radius 2 is 1.70 bits per heavy atom. The Labute approximate surface area is 223 Å². The molecule has 3 heterocycles. The maximum Gasteiger partial charge on any atom is 0.263 e. The van der Waals surface area contributed by atoms with E-state index in [0.717, 1.165) is 17.1 Å². The van der Waals surface area contributed by atoms with Crippen molar-refractivity contribution in [1.29, 1.82) is 0 Å². The van der Waals surface area contributed by atoms with Crippen LogP contribution >= 0.6 is 22.9 Å². The van der Waals surface area contributed by atoms with Crippen LogP contribution in [-0.2, 0) is 14.8 Å². The van der Waals surface area contributed by atoms with Crippen LogP contribution in [-0.4, -0.2) is 42.6 Å². The molecular weight excluding hydrogens is 532 g/mol. The van der Waals surface area contributed by atoms with Crippen molar-refractivity contribution in [3.63, 3.8) is 0 Å². The molecule has 0 bridgehead atoms. The van der Waals surface area contributed by atoms with Gasteiger partial charge >= 0.3 is 0 Å². The third kappa shape index (κ3) is 6.07. The van der Waals surface area contributed by atoms with E-state index < -0.39 is 10.0 Å². The third-order valence-corrected chi connectivity index (χ3v) is 8.49. The van der Waals surface area contributed by atoms with E-state index >= 15 is 0 Å². The quantitative estimate of drug-likeness (QED) is 0.333. The van der Waals surface area contributed by atoms with Crippen LogP contribution in [0.5, 0.6) is 0 Å². The minimum Gasteiger partial charge on any atom is -0.355 e. The molecule has 1 amide bonds. The van der Waals surface area contributed by atoms with Crippen molar-refractivity contribution in [2.45, 2.75) is 17.7 Å². The fourth-order valence-electron chi connectivity index (χ4n) is 4.05. The first kappa shape index (κ1) is 25.1. The lowest BCUT2D eigenvalue weighted by Gasteiger charge is -2.31. The first-order valence-electron chi connectivity index (χ1n) is 11.6. The summed E-state index contributed by atoms with van der Waals surface area (Å²) < 4.78 is 27.4. The Balaban J connectivity index is 1.14. The number of benzene rings is 2. The molecule has 0 radical (unpaired) electrons. The van der Waals surface area contributed by atoms with Crippen LogP contribution in [0.3, 0.4) is 0 Å². The van der Waals surface area contributed by atoms with E-state index in [2.05, 4.69) is 30.1 Å². The summed E-state index contributed by atoms with van der Waals surface area (Å²) in [4.78, 5) is 19.0. The Bertz CT molecular complexity index is 1450. The summed E-state index contributed by atoms with van der Waals surface area (Å²) in [5.41, 5.74) is 2.26. The van der Waals surface area contributed by atoms with Crippen LogP contribution in [0.1, 0.15) is 12.8 Å². The van der Waals surface area contributed by atoms with E-state index in [4.69, 9.17) is 11.6 Å². The van der Waals surface area contributed by atoms with Crippen molar-refractivity contribution in [3.8, 4) is 11.3 Å². The van der Waals surface area contributed by atoms with Gasteiger partial charge in [-0.25, -0.2) is 13.4 Å². The van der Waals surface area contributed by atoms with Gasteiger partial charge in [0, 0.05) is 46.9 Å². The average Bonchev–Trinajstić information content (AvgIpc) is 3.42. The summed E-state index contributed by atoms with van der Waals surface area (Å²) in [6.07, 6.45) is 2.88. The summed E-state index contributed by atoms with van der Waals surface area (Å²) in [5.74, 6) is 0.549. The molecule has 5 rings (SSSR count). The molecule has 1 aliphatic heterocycles. The molecular formula is C25H23ClN6O3S2. The number of hydrogen-bond acceptors (Lipinski definition) is 8. The van der Waals surface area contributed by atoms with Gasteiger partial charge in [-0.2, -0.15) is 0 Å². The first-order valence-corrected chi connectivity index (χ1v) is 14.3. The van der Waals surface area contributed by atoms with Crippen LogP contribution in [0.15, 0.2) is 77.1 Å². The van der Waals surface area contributed by atoms with Gasteiger partial charge in [-0.3, -0.25) is 9.52 Å². The predicted octanol–water partition coefficient (Wildman–Crippen LogP) is 4.91. The second-order valence-corrected chi connectivity index (χ2v) is 11.5. The highest BCUT2D eigenvalue weighted by molar-refractivity contribution is 7.93. The van der Waals surface area contributed by atoms with Gasteiger partial charge in [-0.15, -0.1) is 21.5 Å². The minimum absolute atomic E-state index is 0.0830. The topological polar surface area (TPSA) is 117 Å². The summed E-state index contributed by atoms with van der Waals surface area (Å²) in [6, 6.07) is 17.4. The van der Waals surface area contributed by atoms with Gasteiger partial charge in [-0.05, 0) is 61.4 Å². The summed E-state index contributed by atoms with van der Waals surface area (Å²) in [6.45, 7) is 1.37. The molecule has 4 aromatic rings. The van der Waals surface area contributed by atoms with Crippen LogP contribution in [0.4, 0.5) is 16.6 Å². The van der Waals surface area contributed by atoms with Crippen molar-refractivity contribution in [3.05, 3.63) is 77.3 Å². The summed E-state index contributed by atoms with van der Waals surface area (Å²) in [7, 11) is -3.74. The lowest BCUT2D eigenvalue weighted by atomic mass is 9.96. The largest absolute Gasteiger partial charge is 0.355 e. The average molecular weight is 555 g/mol. The Morgan fingerprint density at radius 3 is 2.32 bits per heavy atom. The minimum atomic E-state index is -3.74. The second-order valence-electron chi connectivity index (χ2n) is 8.50. The number of hydrogen-bond donors (Lipinski definition) is 2. The van der Waals surface area contributed by atoms with Gasteiger partial charge in [0.2, 0.25) is 5.91 Å². The maximum atomic E-state index is 12.8. The SMILES string of the molecule is O=C(Nc1ccc(S(=O)(=O)Nc2nccs2)cc1)C1CCN(c2ccc(-c3ccc(Cl)cc3)nn2)CC1. The standard InChI is InChI=1S/C25H23ClN6O3S2/c26-19-3-1-17(2-4-19)22-9-10-23(30-29-22)32-14-11-18(12-15-32)24(33)28-20-5-7-21(8-6-20)37(34,35)31-25-27-13-16-36-25/h1-10,13,16,18H,11-12,14-15H2,(H,27,31)(H,28,33). The van der Waals surface area contributed by atoms with E-state index in [-0.39, 0.29) is 16.7 Å². The number of halogens is 1. The van der Waals surface area contributed by atoms with E-state index in [0.29, 0.717) is 41.8 Å². The number of rotatable bonds is 7. The lowest BCUT2D eigenvalue weighted by Crippen LogP contribution is -2.38. The molecule has 0 atom stereocenters. The molecule has 2 N–H and O–H groups in total. The number of nitrogens with one attached hydrogen (secondary N) is 2. The molecule has 0 aliphatic carbocycles. The number of carbonyl (C=O) groups is 1. The molecule has 1 aliphatic rings. The zero-order chi connectivity index (χ0) is 25.8. The fourth-order valence-corrected chi connectivity index (χ4v) is 5.96. The zero-order valence-corrected chi connectivity index (χ0v) is 21.9. The zero-order valence-electron chi connectivity index (χ0n) is 19.5. The molecule has 190 valence electrons. The van der Waals surface area contributed by atoms with Gasteiger partial charge in [0.1, 0.15) is 0 Å². The third-order valence-electron chi connectivity index (χ3n) is 6.07. The number of anilines is 3. The highest BCUT2D eigenvalue weighted by atomic mass is 35.5. The van der Waals surface area contributed by atoms with E-state index in [9.17, 15) is 13.2 Å². The van der Waals surface area contributed by atoms with E-state index in [1.54, 1.807) is 17.5 Å². The predicted molar refractivity (Wildman–Crippen MR) is 145 cm³/mol. The first-order chi connectivity index (χ1) is 17.9. The van der Waals surface area contributed by atoms with Crippen LogP contribution < -0.4 is 14.9 Å². The number of carbonyl (C=O) groups excluding carboxylic acids is 1. The molecule has 0 unspecified atom stereocenters. The van der Waals surface area contributed by atoms with Gasteiger partial charge < -0.3 is 10.2 Å². The fraction of sp³-hybridized carbons (Fsp3) is 0.200.